The number of likely N-dealkylation sites (N-methyl/N-ethyl adjacent to an activating group) is 1. The SMILES string of the molecule is CC/C=C\C/C=C\C/C=C\C/C=C\C/C=C\C/C=C\C/C=C\CCCCCCCCCCCCCCCCCCCCCC(=O)OC(COC(=O)CCCCCCC/C=C\CCCC)COC(OCC[N+](C)(C)C)C(=O)[O-]. The largest absolute Gasteiger partial charge is 0.545 e. The summed E-state index contributed by atoms with van der Waals surface area (Å²) in [5.74, 6) is -2.29. The van der Waals surface area contributed by atoms with Crippen LogP contribution in [-0.2, 0) is 33.3 Å². The number of rotatable bonds is 57. The van der Waals surface area contributed by atoms with E-state index in [9.17, 15) is 19.5 Å². The highest BCUT2D eigenvalue weighted by Crippen LogP contribution is 2.17. The summed E-state index contributed by atoms with van der Waals surface area (Å²) in [5, 5.41) is 11.7. The Hall–Kier alpha value is -3.79. The van der Waals surface area contributed by atoms with E-state index in [2.05, 4.69) is 111 Å². The smallest absolute Gasteiger partial charge is 0.306 e. The molecule has 0 fully saturated rings. The highest BCUT2D eigenvalue weighted by Gasteiger charge is 2.22. The molecule has 442 valence electrons. The molecule has 0 spiro atoms. The second-order valence-corrected chi connectivity index (χ2v) is 22.0. The summed E-state index contributed by atoms with van der Waals surface area (Å²) >= 11 is 0. The van der Waals surface area contributed by atoms with Gasteiger partial charge in [0, 0.05) is 12.8 Å². The molecule has 0 aliphatic rings. The molecule has 9 nitrogen and oxygen atoms in total. The van der Waals surface area contributed by atoms with E-state index in [1.807, 2.05) is 21.1 Å². The van der Waals surface area contributed by atoms with Gasteiger partial charge in [-0.05, 0) is 89.9 Å². The Kier molecular flexibility index (Phi) is 55.5. The fourth-order valence-corrected chi connectivity index (χ4v) is 8.50. The van der Waals surface area contributed by atoms with Gasteiger partial charge in [-0.3, -0.25) is 9.59 Å². The number of nitrogens with zero attached hydrogens (tertiary/aromatic N) is 1. The zero-order valence-corrected chi connectivity index (χ0v) is 50.3. The lowest BCUT2D eigenvalue weighted by molar-refractivity contribution is -0.870. The van der Waals surface area contributed by atoms with Crippen molar-refractivity contribution in [3.8, 4) is 0 Å². The number of hydrogen-bond acceptors (Lipinski definition) is 8. The van der Waals surface area contributed by atoms with Gasteiger partial charge in [0.2, 0.25) is 0 Å². The van der Waals surface area contributed by atoms with Crippen LogP contribution in [0.15, 0.2) is 97.2 Å². The van der Waals surface area contributed by atoms with Gasteiger partial charge < -0.3 is 33.3 Å². The number of carbonyl (C=O) groups excluding carboxylic acids is 3. The van der Waals surface area contributed by atoms with Crippen molar-refractivity contribution in [1.82, 2.24) is 0 Å². The second-order valence-electron chi connectivity index (χ2n) is 22.0. The molecule has 0 bridgehead atoms. The molecule has 0 aliphatic carbocycles. The summed E-state index contributed by atoms with van der Waals surface area (Å²) in [6, 6.07) is 0. The topological polar surface area (TPSA) is 111 Å². The fourth-order valence-electron chi connectivity index (χ4n) is 8.50. The minimum absolute atomic E-state index is 0.145. The third-order valence-corrected chi connectivity index (χ3v) is 13.3. The second kappa shape index (κ2) is 58.4. The number of unbranched alkanes of at least 4 members (excludes halogenated alkanes) is 26. The summed E-state index contributed by atoms with van der Waals surface area (Å²) in [6.07, 6.45) is 76.4. The molecule has 0 heterocycles. The van der Waals surface area contributed by atoms with Crippen LogP contribution in [0.5, 0.6) is 0 Å². The van der Waals surface area contributed by atoms with Crippen LogP contribution in [0.4, 0.5) is 0 Å². The standard InChI is InChI=1S/C68H117NO8/c1-6-8-10-12-14-16-18-19-20-21-22-23-24-25-26-27-28-29-30-31-32-33-34-35-36-37-38-39-40-41-42-43-44-45-46-47-49-51-53-55-57-59-66(71)77-64(63-76-68(67(72)73)74-61-60-69(3,4)5)62-75-65(70)58-56-54-52-50-48-17-15-13-11-9-7-2/h8,10,13-16,19-20,22-23,25-26,28-29,31-32,64,68H,6-7,9,11-12,17-18,21,24,27,30,33-63H2,1-5H3/b10-8-,15-13-,16-14-,20-19-,23-22-,26-25-,29-28-,32-31-. The van der Waals surface area contributed by atoms with Crippen LogP contribution in [0.3, 0.4) is 0 Å². The number of carboxylic acids is 1. The molecule has 0 saturated carbocycles. The summed E-state index contributed by atoms with van der Waals surface area (Å²) in [6.45, 7) is 4.58. The van der Waals surface area contributed by atoms with Gasteiger partial charge in [-0.1, -0.05) is 252 Å². The number of hydrogen-bond donors (Lipinski definition) is 0. The predicted octanol–water partition coefficient (Wildman–Crippen LogP) is 17.6. The van der Waals surface area contributed by atoms with Gasteiger partial charge >= 0.3 is 11.9 Å². The molecule has 0 aliphatic heterocycles. The van der Waals surface area contributed by atoms with Gasteiger partial charge in [-0.25, -0.2) is 0 Å². The summed E-state index contributed by atoms with van der Waals surface area (Å²) in [5.41, 5.74) is 0. The first-order chi connectivity index (χ1) is 37.6. The summed E-state index contributed by atoms with van der Waals surface area (Å²) in [4.78, 5) is 37.2. The van der Waals surface area contributed by atoms with E-state index < -0.39 is 24.3 Å². The van der Waals surface area contributed by atoms with E-state index in [4.69, 9.17) is 18.9 Å². The molecule has 0 aromatic carbocycles. The summed E-state index contributed by atoms with van der Waals surface area (Å²) < 4.78 is 22.6. The molecular weight excluding hydrogens is 959 g/mol. The van der Waals surface area contributed by atoms with Crippen molar-refractivity contribution in [2.45, 2.75) is 270 Å². The minimum atomic E-state index is -1.62. The molecule has 9 heteroatoms. The molecule has 0 radical (unpaired) electrons. The van der Waals surface area contributed by atoms with Gasteiger partial charge in [-0.15, -0.1) is 0 Å². The molecule has 0 aromatic heterocycles. The van der Waals surface area contributed by atoms with E-state index >= 15 is 0 Å². The van der Waals surface area contributed by atoms with Crippen molar-refractivity contribution in [2.24, 2.45) is 0 Å². The Labute approximate surface area is 473 Å². The van der Waals surface area contributed by atoms with Crippen LogP contribution >= 0.6 is 0 Å². The molecule has 0 amide bonds. The number of esters is 2. The van der Waals surface area contributed by atoms with Gasteiger partial charge in [0.1, 0.15) is 13.2 Å². The maximum absolute atomic E-state index is 12.8. The normalized spacial score (nSPS) is 13.4. The Balaban J connectivity index is 3.96. The first kappa shape index (κ1) is 73.2. The molecule has 2 unspecified atom stereocenters. The third-order valence-electron chi connectivity index (χ3n) is 13.3. The highest BCUT2D eigenvalue weighted by molar-refractivity contribution is 5.70. The Morgan fingerprint density at radius 1 is 0.403 bits per heavy atom. The van der Waals surface area contributed by atoms with Gasteiger partial charge in [-0.2, -0.15) is 0 Å². The number of ether oxygens (including phenoxy) is 4. The lowest BCUT2D eigenvalue weighted by atomic mass is 10.0. The number of carboxylic acid groups (broad SMARTS) is 1. The number of aliphatic carboxylic acids is 1. The molecule has 0 N–H and O–H groups in total. The van der Waals surface area contributed by atoms with Crippen molar-refractivity contribution in [3.63, 3.8) is 0 Å². The molecular formula is C68H117NO8. The van der Waals surface area contributed by atoms with E-state index in [1.54, 1.807) is 0 Å². The van der Waals surface area contributed by atoms with Crippen molar-refractivity contribution < 1.29 is 42.9 Å². The van der Waals surface area contributed by atoms with E-state index in [-0.39, 0.29) is 38.6 Å². The van der Waals surface area contributed by atoms with Crippen LogP contribution in [0, 0.1) is 0 Å². The molecule has 0 rings (SSSR count). The van der Waals surface area contributed by atoms with Crippen LogP contribution in [0.1, 0.15) is 258 Å². The van der Waals surface area contributed by atoms with E-state index in [0.717, 1.165) is 103 Å². The average molecular weight is 1080 g/mol. The maximum atomic E-state index is 12.8. The molecule has 0 aromatic rings. The lowest BCUT2D eigenvalue weighted by Crippen LogP contribution is -2.44. The quantitative estimate of drug-likeness (QED) is 0.0195. The third kappa shape index (κ3) is 59.7. The zero-order chi connectivity index (χ0) is 56.2. The van der Waals surface area contributed by atoms with Gasteiger partial charge in [0.25, 0.3) is 0 Å². The number of allylic oxidation sites excluding steroid dienone is 16. The van der Waals surface area contributed by atoms with Crippen molar-refractivity contribution in [3.05, 3.63) is 97.2 Å². The molecule has 77 heavy (non-hydrogen) atoms. The number of quaternary nitrogens is 1. The van der Waals surface area contributed by atoms with Crippen molar-refractivity contribution >= 4 is 17.9 Å². The van der Waals surface area contributed by atoms with Crippen LogP contribution in [-0.4, -0.2) is 82.3 Å². The monoisotopic (exact) mass is 1080 g/mol. The van der Waals surface area contributed by atoms with E-state index in [1.165, 1.54) is 122 Å². The number of carbonyl (C=O) groups is 3. The van der Waals surface area contributed by atoms with Crippen molar-refractivity contribution in [1.29, 1.82) is 0 Å². The molecule has 0 saturated heterocycles. The van der Waals surface area contributed by atoms with Crippen LogP contribution < -0.4 is 5.11 Å². The molecule has 2 atom stereocenters. The van der Waals surface area contributed by atoms with Gasteiger partial charge in [0.05, 0.1) is 40.3 Å². The Morgan fingerprint density at radius 2 is 0.740 bits per heavy atom. The first-order valence-corrected chi connectivity index (χ1v) is 31.4. The summed E-state index contributed by atoms with van der Waals surface area (Å²) in [7, 11) is 5.92. The van der Waals surface area contributed by atoms with Crippen LogP contribution in [0.25, 0.3) is 0 Å². The predicted molar refractivity (Wildman–Crippen MR) is 324 cm³/mol. The average Bonchev–Trinajstić information content (AvgIpc) is 3.40. The Bertz CT molecular complexity index is 1580. The van der Waals surface area contributed by atoms with Crippen LogP contribution in [0.2, 0.25) is 0 Å². The highest BCUT2D eigenvalue weighted by atomic mass is 16.7. The van der Waals surface area contributed by atoms with Gasteiger partial charge in [0.15, 0.2) is 12.4 Å². The first-order valence-electron chi connectivity index (χ1n) is 31.4. The van der Waals surface area contributed by atoms with E-state index in [0.29, 0.717) is 17.4 Å². The fraction of sp³-hybridized carbons (Fsp3) is 0.721. The maximum Gasteiger partial charge on any atom is 0.306 e. The minimum Gasteiger partial charge on any atom is -0.545 e. The van der Waals surface area contributed by atoms with Crippen molar-refractivity contribution in [2.75, 3.05) is 47.5 Å². The lowest BCUT2D eigenvalue weighted by Gasteiger charge is -2.26. The Morgan fingerprint density at radius 3 is 1.12 bits per heavy atom. The zero-order valence-electron chi connectivity index (χ0n) is 50.3.